The van der Waals surface area contributed by atoms with Gasteiger partial charge in [0.05, 0.1) is 17.1 Å². The molecular weight excluding hydrogens is 541 g/mol. The van der Waals surface area contributed by atoms with Gasteiger partial charge < -0.3 is 20.1 Å². The maximum atomic E-state index is 12.9. The van der Waals surface area contributed by atoms with Gasteiger partial charge in [0, 0.05) is 41.9 Å². The highest BCUT2D eigenvalue weighted by Gasteiger charge is 2.10. The number of hydrogen-bond donors (Lipinski definition) is 2. The van der Waals surface area contributed by atoms with Crippen molar-refractivity contribution in [3.63, 3.8) is 0 Å². The predicted octanol–water partition coefficient (Wildman–Crippen LogP) is 7.07. The summed E-state index contributed by atoms with van der Waals surface area (Å²) in [4.78, 5) is 28.7. The van der Waals surface area contributed by atoms with Crippen molar-refractivity contribution in [2.24, 2.45) is 0 Å². The highest BCUT2D eigenvalue weighted by atomic mass is 79.9. The van der Waals surface area contributed by atoms with E-state index in [1.807, 2.05) is 12.1 Å². The van der Waals surface area contributed by atoms with E-state index in [2.05, 4.69) is 31.5 Å². The summed E-state index contributed by atoms with van der Waals surface area (Å²) >= 11 is 3.49. The standard InChI is InChI=1S/C28H25BrFN3O4/c1-36-26-17-24-22(16-23(26)29)25(14-15-31-24)37-21-12-10-20(11-13-21)33-28(35)5-3-2-4-27(34)32-19-8-6-18(30)7-9-19/h6-17H,2-5H2,1H3,(H,32,34)(H,33,35). The Morgan fingerprint density at radius 2 is 1.46 bits per heavy atom. The van der Waals surface area contributed by atoms with Crippen LogP contribution >= 0.6 is 15.9 Å². The second kappa shape index (κ2) is 12.3. The molecule has 190 valence electrons. The van der Waals surface area contributed by atoms with Crippen molar-refractivity contribution < 1.29 is 23.5 Å². The summed E-state index contributed by atoms with van der Waals surface area (Å²) < 4.78 is 25.1. The second-order valence-corrected chi connectivity index (χ2v) is 9.10. The van der Waals surface area contributed by atoms with E-state index < -0.39 is 0 Å². The van der Waals surface area contributed by atoms with Crippen molar-refractivity contribution in [3.8, 4) is 17.2 Å². The number of fused-ring (bicyclic) bond motifs is 1. The molecule has 0 saturated carbocycles. The lowest BCUT2D eigenvalue weighted by Crippen LogP contribution is -2.13. The van der Waals surface area contributed by atoms with Crippen LogP contribution in [0.3, 0.4) is 0 Å². The Kier molecular flexibility index (Phi) is 8.68. The third-order valence-corrected chi connectivity index (χ3v) is 6.15. The van der Waals surface area contributed by atoms with E-state index in [1.54, 1.807) is 43.6 Å². The normalized spacial score (nSPS) is 10.7. The molecule has 0 bridgehead atoms. The van der Waals surface area contributed by atoms with Gasteiger partial charge in [-0.15, -0.1) is 0 Å². The van der Waals surface area contributed by atoms with Crippen molar-refractivity contribution in [1.82, 2.24) is 4.98 Å². The molecule has 0 aliphatic heterocycles. The fourth-order valence-electron chi connectivity index (χ4n) is 3.65. The van der Waals surface area contributed by atoms with Crippen LogP contribution in [0, 0.1) is 5.82 Å². The molecule has 0 saturated heterocycles. The molecule has 0 aliphatic rings. The molecule has 4 rings (SSSR count). The van der Waals surface area contributed by atoms with E-state index in [4.69, 9.17) is 9.47 Å². The Hall–Kier alpha value is -3.98. The van der Waals surface area contributed by atoms with Crippen LogP contribution in [0.5, 0.6) is 17.2 Å². The largest absolute Gasteiger partial charge is 0.495 e. The summed E-state index contributed by atoms with van der Waals surface area (Å²) in [5.74, 6) is 1.29. The number of ether oxygens (including phenoxy) is 2. The number of carbonyl (C=O) groups excluding carboxylic acids is 2. The van der Waals surface area contributed by atoms with Gasteiger partial charge in [-0.2, -0.15) is 0 Å². The number of methoxy groups -OCH3 is 1. The lowest BCUT2D eigenvalue weighted by Gasteiger charge is -2.11. The molecule has 2 N–H and O–H groups in total. The summed E-state index contributed by atoms with van der Waals surface area (Å²) in [6.45, 7) is 0. The zero-order chi connectivity index (χ0) is 26.2. The number of hydrogen-bond acceptors (Lipinski definition) is 5. The Morgan fingerprint density at radius 3 is 2.05 bits per heavy atom. The van der Waals surface area contributed by atoms with Crippen molar-refractivity contribution in [1.29, 1.82) is 0 Å². The lowest BCUT2D eigenvalue weighted by atomic mass is 10.1. The van der Waals surface area contributed by atoms with Gasteiger partial charge in [0.1, 0.15) is 23.1 Å². The number of rotatable bonds is 10. The van der Waals surface area contributed by atoms with Crippen molar-refractivity contribution in [3.05, 3.63) is 83.2 Å². The number of amides is 2. The highest BCUT2D eigenvalue weighted by molar-refractivity contribution is 9.10. The first kappa shape index (κ1) is 26.1. The third-order valence-electron chi connectivity index (χ3n) is 5.53. The van der Waals surface area contributed by atoms with Gasteiger partial charge in [-0.25, -0.2) is 4.39 Å². The van der Waals surface area contributed by atoms with E-state index >= 15 is 0 Å². The highest BCUT2D eigenvalue weighted by Crippen LogP contribution is 2.35. The summed E-state index contributed by atoms with van der Waals surface area (Å²) in [5.41, 5.74) is 1.94. The molecule has 37 heavy (non-hydrogen) atoms. The van der Waals surface area contributed by atoms with Gasteiger partial charge in [0.2, 0.25) is 11.8 Å². The van der Waals surface area contributed by atoms with Gasteiger partial charge in [0.15, 0.2) is 0 Å². The molecule has 4 aromatic rings. The average Bonchev–Trinajstić information content (AvgIpc) is 2.89. The van der Waals surface area contributed by atoms with Gasteiger partial charge in [-0.3, -0.25) is 14.6 Å². The third kappa shape index (κ3) is 7.27. The van der Waals surface area contributed by atoms with Gasteiger partial charge in [0.25, 0.3) is 0 Å². The van der Waals surface area contributed by atoms with Crippen LogP contribution in [0.1, 0.15) is 25.7 Å². The minimum Gasteiger partial charge on any atom is -0.495 e. The number of pyridine rings is 1. The molecule has 1 aromatic heterocycles. The van der Waals surface area contributed by atoms with Crippen molar-refractivity contribution in [2.45, 2.75) is 25.7 Å². The number of halogens is 2. The van der Waals surface area contributed by atoms with Crippen LogP contribution in [0.4, 0.5) is 15.8 Å². The molecule has 9 heteroatoms. The molecule has 0 atom stereocenters. The molecule has 7 nitrogen and oxygen atoms in total. The van der Waals surface area contributed by atoms with E-state index in [-0.39, 0.29) is 24.1 Å². The fraction of sp³-hybridized carbons (Fsp3) is 0.179. The molecule has 3 aromatic carbocycles. The molecule has 2 amide bonds. The Bertz CT molecular complexity index is 1400. The first-order valence-corrected chi connectivity index (χ1v) is 12.5. The Morgan fingerprint density at radius 1 is 0.865 bits per heavy atom. The molecular formula is C28H25BrFN3O4. The SMILES string of the molecule is COc1cc2nccc(Oc3ccc(NC(=O)CCCCC(=O)Nc4ccc(F)cc4)cc3)c2cc1Br. The minimum absolute atomic E-state index is 0.133. The first-order valence-electron chi connectivity index (χ1n) is 11.7. The molecule has 0 fully saturated rings. The second-order valence-electron chi connectivity index (χ2n) is 8.25. The van der Waals surface area contributed by atoms with Gasteiger partial charge >= 0.3 is 0 Å². The van der Waals surface area contributed by atoms with Crippen LogP contribution in [0.2, 0.25) is 0 Å². The van der Waals surface area contributed by atoms with Crippen LogP contribution < -0.4 is 20.1 Å². The number of carbonyl (C=O) groups is 2. The summed E-state index contributed by atoms with van der Waals surface area (Å²) in [6, 6.07) is 18.2. The topological polar surface area (TPSA) is 89.6 Å². The maximum Gasteiger partial charge on any atom is 0.224 e. The van der Waals surface area contributed by atoms with E-state index in [0.717, 1.165) is 15.4 Å². The maximum absolute atomic E-state index is 12.9. The zero-order valence-corrected chi connectivity index (χ0v) is 21.7. The van der Waals surface area contributed by atoms with E-state index in [9.17, 15) is 14.0 Å². The summed E-state index contributed by atoms with van der Waals surface area (Å²) in [7, 11) is 1.60. The van der Waals surface area contributed by atoms with Crippen LogP contribution in [0.25, 0.3) is 10.9 Å². The first-order chi connectivity index (χ1) is 17.9. The zero-order valence-electron chi connectivity index (χ0n) is 20.1. The van der Waals surface area contributed by atoms with Crippen LogP contribution in [-0.4, -0.2) is 23.9 Å². The molecule has 0 spiro atoms. The number of benzene rings is 3. The lowest BCUT2D eigenvalue weighted by molar-refractivity contribution is -0.118. The van der Waals surface area contributed by atoms with Crippen LogP contribution in [0.15, 0.2) is 77.4 Å². The number of nitrogens with one attached hydrogen (secondary N) is 2. The summed E-state index contributed by atoms with van der Waals surface area (Å²) in [6.07, 6.45) is 3.38. The number of unbranched alkanes of at least 4 members (excludes halogenated alkanes) is 1. The summed E-state index contributed by atoms with van der Waals surface area (Å²) in [5, 5.41) is 6.40. The Labute approximate surface area is 222 Å². The van der Waals surface area contributed by atoms with E-state index in [1.165, 1.54) is 24.3 Å². The fourth-order valence-corrected chi connectivity index (χ4v) is 4.16. The van der Waals surface area contributed by atoms with Crippen molar-refractivity contribution in [2.75, 3.05) is 17.7 Å². The minimum atomic E-state index is -0.358. The quantitative estimate of drug-likeness (QED) is 0.200. The number of nitrogens with zero attached hydrogens (tertiary/aromatic N) is 1. The van der Waals surface area contributed by atoms with Gasteiger partial charge in [-0.1, -0.05) is 0 Å². The Balaban J connectivity index is 1.24. The molecule has 0 unspecified atom stereocenters. The van der Waals surface area contributed by atoms with E-state index in [0.29, 0.717) is 47.9 Å². The average molecular weight is 566 g/mol. The van der Waals surface area contributed by atoms with Crippen LogP contribution in [-0.2, 0) is 9.59 Å². The number of anilines is 2. The van der Waals surface area contributed by atoms with Crippen molar-refractivity contribution >= 4 is 50.0 Å². The smallest absolute Gasteiger partial charge is 0.224 e. The van der Waals surface area contributed by atoms with Gasteiger partial charge in [-0.05, 0) is 89.4 Å². The predicted molar refractivity (Wildman–Crippen MR) is 145 cm³/mol. The number of aromatic nitrogens is 1. The monoisotopic (exact) mass is 565 g/mol. The molecule has 0 aliphatic carbocycles. The molecule has 0 radical (unpaired) electrons. The molecule has 1 heterocycles.